The number of hydrogen-bond acceptors (Lipinski definition) is 5. The van der Waals surface area contributed by atoms with Crippen molar-refractivity contribution in [3.05, 3.63) is 35.2 Å². The molecule has 1 atom stereocenters. The van der Waals surface area contributed by atoms with Crippen molar-refractivity contribution in [3.8, 4) is 0 Å². The van der Waals surface area contributed by atoms with Gasteiger partial charge in [0, 0.05) is 38.7 Å². The van der Waals surface area contributed by atoms with E-state index in [0.29, 0.717) is 35.2 Å². The van der Waals surface area contributed by atoms with Gasteiger partial charge in [-0.1, -0.05) is 18.5 Å². The van der Waals surface area contributed by atoms with Crippen LogP contribution in [0.15, 0.2) is 34.8 Å². The largest absolute Gasteiger partial charge is 0.338 e. The highest BCUT2D eigenvalue weighted by molar-refractivity contribution is 7.99. The van der Waals surface area contributed by atoms with Gasteiger partial charge in [0.25, 0.3) is 5.91 Å². The summed E-state index contributed by atoms with van der Waals surface area (Å²) < 4.78 is 1.89. The summed E-state index contributed by atoms with van der Waals surface area (Å²) in [6.07, 6.45) is 6.08. The quantitative estimate of drug-likeness (QED) is 0.792. The minimum absolute atomic E-state index is 0. The van der Waals surface area contributed by atoms with E-state index in [-0.39, 0.29) is 36.1 Å². The van der Waals surface area contributed by atoms with Crippen molar-refractivity contribution in [2.45, 2.75) is 23.5 Å². The zero-order valence-electron chi connectivity index (χ0n) is 14.5. The average Bonchev–Trinajstić information content (AvgIpc) is 3.16. The Morgan fingerprint density at radius 1 is 1.42 bits per heavy atom. The maximum atomic E-state index is 12.6. The molecule has 1 aliphatic heterocycles. The number of hydrogen-bond donors (Lipinski definition) is 1. The predicted molar refractivity (Wildman–Crippen MR) is 109 cm³/mol. The van der Waals surface area contributed by atoms with Crippen molar-refractivity contribution >= 4 is 54.1 Å². The zero-order chi connectivity index (χ0) is 17.3. The summed E-state index contributed by atoms with van der Waals surface area (Å²) in [5.74, 6) is -0.0462. The molecular weight excluding hydrogens is 417 g/mol. The smallest absolute Gasteiger partial charge is 0.255 e. The summed E-state index contributed by atoms with van der Waals surface area (Å²) in [5, 5.41) is 1.88. The van der Waals surface area contributed by atoms with E-state index in [1.54, 1.807) is 18.5 Å². The van der Waals surface area contributed by atoms with Crippen molar-refractivity contribution in [2.75, 3.05) is 19.6 Å². The molecule has 1 saturated heterocycles. The molecule has 1 fully saturated rings. The number of imidazole rings is 1. The molecular formula is C16H22Cl3N5OS. The highest BCUT2D eigenvalue weighted by Crippen LogP contribution is 2.32. The average molecular weight is 439 g/mol. The van der Waals surface area contributed by atoms with Crippen LogP contribution in [0.5, 0.6) is 0 Å². The number of pyridine rings is 1. The van der Waals surface area contributed by atoms with Gasteiger partial charge in [0.05, 0.1) is 10.6 Å². The van der Waals surface area contributed by atoms with Gasteiger partial charge in [0.2, 0.25) is 0 Å². The van der Waals surface area contributed by atoms with Gasteiger partial charge in [-0.05, 0) is 36.2 Å². The Morgan fingerprint density at radius 2 is 2.15 bits per heavy atom. The second kappa shape index (κ2) is 9.28. The summed E-state index contributed by atoms with van der Waals surface area (Å²) in [7, 11) is 1.91. The summed E-state index contributed by atoms with van der Waals surface area (Å²) in [5.41, 5.74) is 6.31. The van der Waals surface area contributed by atoms with Crippen LogP contribution in [-0.2, 0) is 7.05 Å². The molecule has 0 aromatic carbocycles. The fraction of sp³-hybridized carbons (Fsp3) is 0.438. The highest BCUT2D eigenvalue weighted by atomic mass is 35.5. The van der Waals surface area contributed by atoms with Gasteiger partial charge < -0.3 is 15.2 Å². The van der Waals surface area contributed by atoms with E-state index < -0.39 is 0 Å². The monoisotopic (exact) mass is 437 g/mol. The van der Waals surface area contributed by atoms with E-state index in [0.717, 1.165) is 11.6 Å². The van der Waals surface area contributed by atoms with Crippen LogP contribution in [0, 0.1) is 5.41 Å². The van der Waals surface area contributed by atoms with Gasteiger partial charge in [-0.25, -0.2) is 9.97 Å². The number of nitrogens with two attached hydrogens (primary N) is 1. The van der Waals surface area contributed by atoms with E-state index in [2.05, 4.69) is 16.9 Å². The van der Waals surface area contributed by atoms with Crippen LogP contribution in [0.4, 0.5) is 0 Å². The third-order valence-corrected chi connectivity index (χ3v) is 5.85. The van der Waals surface area contributed by atoms with E-state index in [4.69, 9.17) is 17.3 Å². The van der Waals surface area contributed by atoms with Crippen molar-refractivity contribution in [3.63, 3.8) is 0 Å². The van der Waals surface area contributed by atoms with Crippen molar-refractivity contribution in [2.24, 2.45) is 18.2 Å². The third kappa shape index (κ3) is 4.84. The topological polar surface area (TPSA) is 77.0 Å². The number of rotatable bonds is 4. The first kappa shape index (κ1) is 23.0. The van der Waals surface area contributed by atoms with Crippen molar-refractivity contribution in [1.82, 2.24) is 19.4 Å². The normalized spacial score (nSPS) is 19.0. The molecule has 10 heteroatoms. The number of amides is 1. The summed E-state index contributed by atoms with van der Waals surface area (Å²) in [6, 6.07) is 1.68. The first-order chi connectivity index (χ1) is 11.4. The molecule has 0 bridgehead atoms. The van der Waals surface area contributed by atoms with Gasteiger partial charge >= 0.3 is 0 Å². The molecule has 0 saturated carbocycles. The van der Waals surface area contributed by atoms with Gasteiger partial charge in [0.1, 0.15) is 5.03 Å². The number of nitrogens with zero attached hydrogens (tertiary/aromatic N) is 4. The van der Waals surface area contributed by atoms with Gasteiger partial charge in [0.15, 0.2) is 5.16 Å². The summed E-state index contributed by atoms with van der Waals surface area (Å²) in [6.45, 7) is 4.07. The maximum absolute atomic E-state index is 12.6. The molecule has 0 radical (unpaired) electrons. The van der Waals surface area contributed by atoms with Crippen LogP contribution in [0.1, 0.15) is 23.7 Å². The van der Waals surface area contributed by atoms with Gasteiger partial charge in [-0.2, -0.15) is 0 Å². The SMILES string of the molecule is Cl.Cl.Cn1ccnc1Sc1ncc(C(=O)N2CCC(C)(CN)C2)cc1Cl. The van der Waals surface area contributed by atoms with Crippen LogP contribution < -0.4 is 5.73 Å². The summed E-state index contributed by atoms with van der Waals surface area (Å²) >= 11 is 7.69. The lowest BCUT2D eigenvalue weighted by Crippen LogP contribution is -2.34. The molecule has 1 aliphatic rings. The van der Waals surface area contributed by atoms with Crippen molar-refractivity contribution in [1.29, 1.82) is 0 Å². The second-order valence-electron chi connectivity index (χ2n) is 6.43. The Labute approximate surface area is 174 Å². The van der Waals surface area contributed by atoms with Crippen LogP contribution in [0.3, 0.4) is 0 Å². The molecule has 0 aliphatic carbocycles. The van der Waals surface area contributed by atoms with Crippen LogP contribution in [0.2, 0.25) is 5.02 Å². The first-order valence-electron chi connectivity index (χ1n) is 7.72. The molecule has 2 aromatic heterocycles. The molecule has 0 spiro atoms. The van der Waals surface area contributed by atoms with Crippen LogP contribution >= 0.6 is 48.2 Å². The zero-order valence-corrected chi connectivity index (χ0v) is 17.7. The summed E-state index contributed by atoms with van der Waals surface area (Å²) in [4.78, 5) is 23.1. The molecule has 2 aromatic rings. The number of aromatic nitrogens is 3. The van der Waals surface area contributed by atoms with Crippen molar-refractivity contribution < 1.29 is 4.79 Å². The number of likely N-dealkylation sites (tertiary alicyclic amines) is 1. The predicted octanol–water partition coefficient (Wildman–Crippen LogP) is 3.27. The van der Waals surface area contributed by atoms with E-state index in [9.17, 15) is 4.79 Å². The van der Waals surface area contributed by atoms with E-state index in [1.807, 2.05) is 22.7 Å². The van der Waals surface area contributed by atoms with E-state index >= 15 is 0 Å². The molecule has 144 valence electrons. The number of aryl methyl sites for hydroxylation is 1. The molecule has 3 heterocycles. The molecule has 26 heavy (non-hydrogen) atoms. The minimum Gasteiger partial charge on any atom is -0.338 e. The Hall–Kier alpha value is -0.990. The van der Waals surface area contributed by atoms with E-state index in [1.165, 1.54) is 11.8 Å². The van der Waals surface area contributed by atoms with Gasteiger partial charge in [-0.3, -0.25) is 4.79 Å². The number of carbonyl (C=O) groups is 1. The Kier molecular flexibility index (Phi) is 8.23. The lowest BCUT2D eigenvalue weighted by atomic mass is 9.90. The standard InChI is InChI=1S/C16H20ClN5OS.2ClH/c1-16(9-18)3-5-22(10-16)14(23)11-7-12(17)13(20-8-11)24-15-19-4-6-21(15)2;;/h4,6-8H,3,5,9-10,18H2,1-2H3;2*1H. The Morgan fingerprint density at radius 3 is 2.69 bits per heavy atom. The Bertz CT molecular complexity index is 772. The van der Waals surface area contributed by atoms with Gasteiger partial charge in [-0.15, -0.1) is 24.8 Å². The lowest BCUT2D eigenvalue weighted by Gasteiger charge is -2.22. The third-order valence-electron chi connectivity index (χ3n) is 4.36. The van der Waals surface area contributed by atoms with Crippen LogP contribution in [0.25, 0.3) is 0 Å². The fourth-order valence-electron chi connectivity index (χ4n) is 2.70. The molecule has 2 N–H and O–H groups in total. The fourth-order valence-corrected chi connectivity index (χ4v) is 3.74. The highest BCUT2D eigenvalue weighted by Gasteiger charge is 2.35. The Balaban J connectivity index is 0.00000169. The number of halogens is 3. The molecule has 6 nitrogen and oxygen atoms in total. The first-order valence-corrected chi connectivity index (χ1v) is 8.91. The maximum Gasteiger partial charge on any atom is 0.255 e. The molecule has 1 unspecified atom stereocenters. The molecule has 1 amide bonds. The molecule has 3 rings (SSSR count). The van der Waals surface area contributed by atoms with Crippen LogP contribution in [-0.4, -0.2) is 45.0 Å². The number of carbonyl (C=O) groups excluding carboxylic acids is 1. The lowest BCUT2D eigenvalue weighted by molar-refractivity contribution is 0.0776. The minimum atomic E-state index is -0.0462. The second-order valence-corrected chi connectivity index (χ2v) is 7.79.